The first-order chi connectivity index (χ1) is 19.7. The van der Waals surface area contributed by atoms with Crippen molar-refractivity contribution in [1.29, 1.82) is 0 Å². The summed E-state index contributed by atoms with van der Waals surface area (Å²) in [5.41, 5.74) is 4.38. The fraction of sp³-hybridized carbons (Fsp3) is 0.0811. The molecule has 2 heterocycles. The Balaban J connectivity index is 1.50. The van der Waals surface area contributed by atoms with Crippen LogP contribution in [0, 0.1) is 7.14 Å². The fourth-order valence-corrected chi connectivity index (χ4v) is 18.4. The number of rotatable bonds is 4. The van der Waals surface area contributed by atoms with Crippen LogP contribution in [0.2, 0.25) is 0 Å². The van der Waals surface area contributed by atoms with Gasteiger partial charge < -0.3 is 0 Å². The Hall–Kier alpha value is -3.12. The monoisotopic (exact) mass is 659 g/mol. The van der Waals surface area contributed by atoms with Gasteiger partial charge in [-0.15, -0.1) is 0 Å². The molecule has 3 heteroatoms. The van der Waals surface area contributed by atoms with E-state index in [1.165, 1.54) is 37.1 Å². The molecule has 3 aliphatic rings. The molecule has 2 unspecified atom stereocenters. The maximum atomic E-state index is 2.49. The third-order valence-electron chi connectivity index (χ3n) is 8.74. The first-order valence-corrected chi connectivity index (χ1v) is 18.8. The van der Waals surface area contributed by atoms with Gasteiger partial charge in [0.05, 0.1) is 0 Å². The van der Waals surface area contributed by atoms with E-state index in [9.17, 15) is 0 Å². The molecule has 0 fully saturated rings. The van der Waals surface area contributed by atoms with Crippen molar-refractivity contribution in [3.8, 4) is 11.1 Å². The molecule has 5 aromatic rings. The van der Waals surface area contributed by atoms with Crippen LogP contribution in [0.5, 0.6) is 0 Å². The van der Waals surface area contributed by atoms with Crippen molar-refractivity contribution in [2.45, 2.75) is 22.5 Å². The number of thioether (sulfide) groups is 1. The third kappa shape index (κ3) is 3.50. The van der Waals surface area contributed by atoms with Crippen LogP contribution in [0.25, 0.3) is 11.1 Å². The SMILES string of the molecule is CC12C=CC=CC1c1cccc([Si](c3ccccc3)(c3ccccc3)c3cccc4c3[I-]c3ccccc3-4)c1S2. The zero-order chi connectivity index (χ0) is 26.7. The molecule has 40 heavy (non-hydrogen) atoms. The number of hydrogen-bond acceptors (Lipinski definition) is 1. The number of fused-ring (bicyclic) bond motifs is 6. The second kappa shape index (κ2) is 9.47. The van der Waals surface area contributed by atoms with E-state index in [1.807, 2.05) is 0 Å². The summed E-state index contributed by atoms with van der Waals surface area (Å²) in [5.74, 6) is 0.397. The van der Waals surface area contributed by atoms with Gasteiger partial charge in [0.15, 0.2) is 0 Å². The summed E-state index contributed by atoms with van der Waals surface area (Å²) >= 11 is 1.80. The second-order valence-corrected chi connectivity index (χ2v) is 19.0. The Morgan fingerprint density at radius 1 is 0.650 bits per heavy atom. The predicted octanol–water partition coefficient (Wildman–Crippen LogP) is 3.25. The van der Waals surface area contributed by atoms with Crippen molar-refractivity contribution in [3.05, 3.63) is 158 Å². The van der Waals surface area contributed by atoms with E-state index in [1.54, 1.807) is 12.3 Å². The van der Waals surface area contributed by atoms with Crippen LogP contribution < -0.4 is 42.0 Å². The molecule has 0 spiro atoms. The quantitative estimate of drug-likeness (QED) is 0.159. The Kier molecular flexibility index (Phi) is 5.84. The molecule has 0 N–H and O–H groups in total. The van der Waals surface area contributed by atoms with E-state index in [0.29, 0.717) is 5.92 Å². The van der Waals surface area contributed by atoms with Gasteiger partial charge in [-0.2, -0.15) is 0 Å². The average Bonchev–Trinajstić information content (AvgIpc) is 3.54. The molecule has 0 saturated heterocycles. The maximum absolute atomic E-state index is 2.69. The number of allylic oxidation sites excluding steroid dienone is 3. The molecule has 0 aromatic heterocycles. The van der Waals surface area contributed by atoms with E-state index in [4.69, 9.17) is 0 Å². The summed E-state index contributed by atoms with van der Waals surface area (Å²) in [6.07, 6.45) is 9.31. The van der Waals surface area contributed by atoms with Gasteiger partial charge in [0.1, 0.15) is 0 Å². The van der Waals surface area contributed by atoms with Gasteiger partial charge in [0, 0.05) is 0 Å². The zero-order valence-corrected chi connectivity index (χ0v) is 26.2. The van der Waals surface area contributed by atoms with Crippen LogP contribution in [-0.4, -0.2) is 12.8 Å². The molecule has 0 amide bonds. The zero-order valence-electron chi connectivity index (χ0n) is 22.2. The molecular weight excluding hydrogens is 631 g/mol. The van der Waals surface area contributed by atoms with Crippen molar-refractivity contribution >= 4 is 40.6 Å². The van der Waals surface area contributed by atoms with Crippen LogP contribution >= 0.6 is 11.8 Å². The first kappa shape index (κ1) is 24.7. The van der Waals surface area contributed by atoms with Crippen molar-refractivity contribution in [1.82, 2.24) is 0 Å². The second-order valence-electron chi connectivity index (χ2n) is 11.0. The van der Waals surface area contributed by atoms with Crippen molar-refractivity contribution in [2.75, 3.05) is 0 Å². The summed E-state index contributed by atoms with van der Waals surface area (Å²) in [4.78, 5) is 1.50. The number of hydrogen-bond donors (Lipinski definition) is 0. The standard InChI is InChI=1S/C37H28ISSi/c1-37-25-11-10-21-31(37)30-20-13-24-34(36(30)39-37)40(26-14-4-2-5-15-26,27-16-6-3-7-17-27)33-23-12-19-29-28-18-8-9-22-32(28)38-35(29)33/h2-25,31H,1H3/q-1. The van der Waals surface area contributed by atoms with Crippen molar-refractivity contribution in [3.63, 3.8) is 0 Å². The van der Waals surface area contributed by atoms with Crippen LogP contribution in [0.3, 0.4) is 0 Å². The number of benzene rings is 5. The Labute approximate surface area is 252 Å². The molecule has 5 aromatic carbocycles. The van der Waals surface area contributed by atoms with Gasteiger partial charge in [-0.05, 0) is 0 Å². The average molecular weight is 660 g/mol. The van der Waals surface area contributed by atoms with E-state index < -0.39 is 8.07 Å². The van der Waals surface area contributed by atoms with E-state index >= 15 is 0 Å². The van der Waals surface area contributed by atoms with Crippen LogP contribution in [0.15, 0.2) is 151 Å². The molecule has 2 aliphatic heterocycles. The number of halogens is 1. The van der Waals surface area contributed by atoms with E-state index in [0.717, 1.165) is 0 Å². The van der Waals surface area contributed by atoms with Gasteiger partial charge in [-0.25, -0.2) is 0 Å². The molecule has 0 bridgehead atoms. The molecule has 0 saturated carbocycles. The van der Waals surface area contributed by atoms with Gasteiger partial charge in [0.2, 0.25) is 0 Å². The molecular formula is C37H28ISSi-. The van der Waals surface area contributed by atoms with Gasteiger partial charge >= 0.3 is 254 Å². The van der Waals surface area contributed by atoms with E-state index in [-0.39, 0.29) is 26.0 Å². The normalized spacial score (nSPS) is 20.3. The molecule has 0 nitrogen and oxygen atoms in total. The summed E-state index contributed by atoms with van der Waals surface area (Å²) < 4.78 is 3.21. The predicted molar refractivity (Wildman–Crippen MR) is 168 cm³/mol. The van der Waals surface area contributed by atoms with Crippen LogP contribution in [0.1, 0.15) is 18.4 Å². The third-order valence-corrected chi connectivity index (χ3v) is 19.0. The first-order valence-electron chi connectivity index (χ1n) is 13.9. The van der Waals surface area contributed by atoms with Crippen molar-refractivity contribution in [2.24, 2.45) is 0 Å². The Morgan fingerprint density at radius 2 is 1.30 bits per heavy atom. The molecule has 2 atom stereocenters. The van der Waals surface area contributed by atoms with Gasteiger partial charge in [-0.3, -0.25) is 0 Å². The minimum absolute atomic E-state index is 0.0442. The summed E-state index contributed by atoms with van der Waals surface area (Å²) in [5, 5.41) is 6.05. The Morgan fingerprint density at radius 3 is 2.08 bits per heavy atom. The topological polar surface area (TPSA) is 0 Å². The van der Waals surface area contributed by atoms with Crippen LogP contribution in [-0.2, 0) is 0 Å². The molecule has 1 aliphatic carbocycles. The fourth-order valence-electron chi connectivity index (χ4n) is 6.96. The minimum atomic E-state index is -2.69. The van der Waals surface area contributed by atoms with E-state index in [2.05, 4.69) is 164 Å². The molecule has 194 valence electrons. The summed E-state index contributed by atoms with van der Waals surface area (Å²) in [6.45, 7) is 2.42. The summed E-state index contributed by atoms with van der Waals surface area (Å²) in [7, 11) is -2.69. The van der Waals surface area contributed by atoms with Crippen LogP contribution in [0.4, 0.5) is 0 Å². The molecule has 8 rings (SSSR count). The van der Waals surface area contributed by atoms with Gasteiger partial charge in [-0.1, -0.05) is 0 Å². The van der Waals surface area contributed by atoms with Crippen molar-refractivity contribution < 1.29 is 21.2 Å². The summed E-state index contributed by atoms with van der Waals surface area (Å²) in [6, 6.07) is 46.5. The Bertz CT molecular complexity index is 1790. The van der Waals surface area contributed by atoms with Gasteiger partial charge in [0.25, 0.3) is 0 Å². The molecule has 0 radical (unpaired) electrons.